The molecule has 5 heteroatoms. The van der Waals surface area contributed by atoms with E-state index in [2.05, 4.69) is 6.92 Å². The second kappa shape index (κ2) is 11.3. The normalized spacial score (nSPS) is 32.4. The van der Waals surface area contributed by atoms with Crippen molar-refractivity contribution in [2.45, 2.75) is 115 Å². The standard InChI is InChI=1S/C23H40O5/c1-4-5-11-20-21(28-23(2,3)27-20)16-14-18-17(13-15-19(18)24)10-8-6-7-9-12-22(25)26/h9,12,17-21,24H,4-8,10-11,13-16H2,1-3H3,(H,25,26)/t17-,18+,19+,20?,21?/m0/s1. The topological polar surface area (TPSA) is 76.0 Å². The molecule has 2 unspecified atom stereocenters. The van der Waals surface area contributed by atoms with Crippen LogP contribution in [0.15, 0.2) is 12.2 Å². The number of hydrogen-bond donors (Lipinski definition) is 2. The van der Waals surface area contributed by atoms with E-state index in [1.54, 1.807) is 6.08 Å². The Morgan fingerprint density at radius 3 is 2.43 bits per heavy atom. The van der Waals surface area contributed by atoms with Crippen molar-refractivity contribution < 1.29 is 24.5 Å². The first-order valence-electron chi connectivity index (χ1n) is 11.3. The second-order valence-electron chi connectivity index (χ2n) is 9.03. The number of carboxylic acid groups (broad SMARTS) is 1. The van der Waals surface area contributed by atoms with Gasteiger partial charge in [0.2, 0.25) is 0 Å². The van der Waals surface area contributed by atoms with Gasteiger partial charge in [-0.05, 0) is 70.6 Å². The van der Waals surface area contributed by atoms with Crippen LogP contribution in [0.25, 0.3) is 0 Å². The number of aliphatic hydroxyl groups is 1. The molecule has 2 fully saturated rings. The lowest BCUT2D eigenvalue weighted by atomic mass is 9.85. The number of carboxylic acids is 1. The van der Waals surface area contributed by atoms with Crippen LogP contribution in [0.4, 0.5) is 0 Å². The van der Waals surface area contributed by atoms with E-state index in [-0.39, 0.29) is 18.3 Å². The van der Waals surface area contributed by atoms with Crippen LogP contribution in [0.3, 0.4) is 0 Å². The van der Waals surface area contributed by atoms with Crippen LogP contribution in [0.1, 0.15) is 91.4 Å². The summed E-state index contributed by atoms with van der Waals surface area (Å²) in [5, 5.41) is 19.1. The van der Waals surface area contributed by atoms with E-state index >= 15 is 0 Å². The van der Waals surface area contributed by atoms with Gasteiger partial charge in [0.05, 0.1) is 18.3 Å². The maximum atomic E-state index is 10.5. The van der Waals surface area contributed by atoms with Crippen LogP contribution in [-0.4, -0.2) is 40.3 Å². The molecule has 28 heavy (non-hydrogen) atoms. The van der Waals surface area contributed by atoms with Crippen molar-refractivity contribution in [3.8, 4) is 0 Å². The van der Waals surface area contributed by atoms with E-state index in [4.69, 9.17) is 14.6 Å². The van der Waals surface area contributed by atoms with E-state index in [1.165, 1.54) is 6.08 Å². The first kappa shape index (κ1) is 23.4. The maximum absolute atomic E-state index is 10.5. The van der Waals surface area contributed by atoms with E-state index in [1.807, 2.05) is 13.8 Å². The third-order valence-electron chi connectivity index (χ3n) is 6.30. The van der Waals surface area contributed by atoms with Crippen molar-refractivity contribution >= 4 is 5.97 Å². The van der Waals surface area contributed by atoms with Gasteiger partial charge in [-0.2, -0.15) is 0 Å². The highest BCUT2D eigenvalue weighted by atomic mass is 16.7. The molecule has 0 bridgehead atoms. The summed E-state index contributed by atoms with van der Waals surface area (Å²) in [6.45, 7) is 6.20. The van der Waals surface area contributed by atoms with Gasteiger partial charge < -0.3 is 19.7 Å². The zero-order chi connectivity index (χ0) is 20.6. The molecule has 162 valence electrons. The lowest BCUT2D eigenvalue weighted by Crippen LogP contribution is -2.26. The minimum atomic E-state index is -0.877. The Bertz CT molecular complexity index is 501. The smallest absolute Gasteiger partial charge is 0.327 e. The molecule has 5 atom stereocenters. The van der Waals surface area contributed by atoms with Gasteiger partial charge in [-0.15, -0.1) is 0 Å². The van der Waals surface area contributed by atoms with Gasteiger partial charge in [0, 0.05) is 6.08 Å². The number of hydrogen-bond acceptors (Lipinski definition) is 4. The Morgan fingerprint density at radius 1 is 1.04 bits per heavy atom. The fourth-order valence-electron chi connectivity index (χ4n) is 4.93. The Kier molecular flexibility index (Phi) is 9.45. The van der Waals surface area contributed by atoms with Gasteiger partial charge in [0.1, 0.15) is 0 Å². The number of rotatable bonds is 12. The lowest BCUT2D eigenvalue weighted by Gasteiger charge is -2.25. The number of aliphatic carboxylic acids is 1. The summed E-state index contributed by atoms with van der Waals surface area (Å²) in [6.07, 6.45) is 14.4. The van der Waals surface area contributed by atoms with Gasteiger partial charge in [-0.3, -0.25) is 0 Å². The van der Waals surface area contributed by atoms with Crippen molar-refractivity contribution in [1.29, 1.82) is 0 Å². The van der Waals surface area contributed by atoms with Crippen molar-refractivity contribution in [2.24, 2.45) is 11.8 Å². The van der Waals surface area contributed by atoms with Gasteiger partial charge in [-0.25, -0.2) is 4.79 Å². The number of allylic oxidation sites excluding steroid dienone is 1. The quantitative estimate of drug-likeness (QED) is 0.356. The highest BCUT2D eigenvalue weighted by molar-refractivity contribution is 5.79. The van der Waals surface area contributed by atoms with Crippen molar-refractivity contribution in [3.63, 3.8) is 0 Å². The average molecular weight is 397 g/mol. The minimum absolute atomic E-state index is 0.135. The molecule has 1 saturated heterocycles. The van der Waals surface area contributed by atoms with Crippen LogP contribution in [0, 0.1) is 11.8 Å². The molecule has 1 aliphatic heterocycles. The summed E-state index contributed by atoms with van der Waals surface area (Å²) in [5.41, 5.74) is 0. The second-order valence-corrected chi connectivity index (χ2v) is 9.03. The first-order valence-corrected chi connectivity index (χ1v) is 11.3. The molecule has 2 N–H and O–H groups in total. The minimum Gasteiger partial charge on any atom is -0.478 e. The molecule has 5 nitrogen and oxygen atoms in total. The van der Waals surface area contributed by atoms with Crippen LogP contribution in [0.2, 0.25) is 0 Å². The van der Waals surface area contributed by atoms with Crippen LogP contribution in [-0.2, 0) is 14.3 Å². The fourth-order valence-corrected chi connectivity index (χ4v) is 4.93. The molecule has 0 amide bonds. The Morgan fingerprint density at radius 2 is 1.75 bits per heavy atom. The van der Waals surface area contributed by atoms with Gasteiger partial charge in [0.15, 0.2) is 5.79 Å². The predicted molar refractivity (Wildman–Crippen MR) is 110 cm³/mol. The van der Waals surface area contributed by atoms with Gasteiger partial charge in [-0.1, -0.05) is 38.7 Å². The van der Waals surface area contributed by atoms with Gasteiger partial charge in [0.25, 0.3) is 0 Å². The first-order chi connectivity index (χ1) is 13.3. The molecular weight excluding hydrogens is 356 g/mol. The Balaban J connectivity index is 1.77. The van der Waals surface area contributed by atoms with Crippen molar-refractivity contribution in [3.05, 3.63) is 12.2 Å². The van der Waals surface area contributed by atoms with E-state index in [9.17, 15) is 9.90 Å². The van der Waals surface area contributed by atoms with Crippen LogP contribution < -0.4 is 0 Å². The molecule has 2 rings (SSSR count). The predicted octanol–water partition coefficient (Wildman–Crippen LogP) is 5.07. The SMILES string of the molecule is CCCCC1OC(C)(C)OC1CC[C@@H]1[C@@H](CCCCC=CC(=O)O)CC[C@H]1O. The van der Waals surface area contributed by atoms with E-state index < -0.39 is 11.8 Å². The largest absolute Gasteiger partial charge is 0.478 e. The Hall–Kier alpha value is -0.910. The van der Waals surface area contributed by atoms with Crippen LogP contribution >= 0.6 is 0 Å². The summed E-state index contributed by atoms with van der Waals surface area (Å²) < 4.78 is 12.3. The Labute approximate surface area is 170 Å². The van der Waals surface area contributed by atoms with E-state index in [0.717, 1.165) is 70.6 Å². The fraction of sp³-hybridized carbons (Fsp3) is 0.870. The number of unbranched alkanes of at least 4 members (excludes halogenated alkanes) is 3. The molecule has 0 aromatic rings. The molecule has 0 radical (unpaired) electrons. The van der Waals surface area contributed by atoms with Crippen molar-refractivity contribution in [2.75, 3.05) is 0 Å². The highest BCUT2D eigenvalue weighted by Crippen LogP contribution is 2.41. The third kappa shape index (κ3) is 7.49. The number of ether oxygens (including phenoxy) is 2. The molecule has 0 aromatic carbocycles. The van der Waals surface area contributed by atoms with Crippen LogP contribution in [0.5, 0.6) is 0 Å². The zero-order valence-electron chi connectivity index (χ0n) is 17.9. The summed E-state index contributed by atoms with van der Waals surface area (Å²) >= 11 is 0. The molecule has 1 aliphatic carbocycles. The zero-order valence-corrected chi connectivity index (χ0v) is 17.9. The molecule has 1 heterocycles. The molecule has 0 aromatic heterocycles. The monoisotopic (exact) mass is 396 g/mol. The maximum Gasteiger partial charge on any atom is 0.327 e. The number of aliphatic hydroxyl groups excluding tert-OH is 1. The summed E-state index contributed by atoms with van der Waals surface area (Å²) in [5.74, 6) is -0.450. The lowest BCUT2D eigenvalue weighted by molar-refractivity contribution is -0.147. The van der Waals surface area contributed by atoms with Gasteiger partial charge >= 0.3 is 5.97 Å². The summed E-state index contributed by atoms with van der Waals surface area (Å²) in [4.78, 5) is 10.5. The molecular formula is C23H40O5. The molecule has 0 spiro atoms. The van der Waals surface area contributed by atoms with E-state index in [0.29, 0.717) is 11.8 Å². The summed E-state index contributed by atoms with van der Waals surface area (Å²) in [6, 6.07) is 0. The molecule has 2 aliphatic rings. The number of carbonyl (C=O) groups is 1. The third-order valence-corrected chi connectivity index (χ3v) is 6.30. The average Bonchev–Trinajstić information content (AvgIpc) is 3.12. The highest BCUT2D eigenvalue weighted by Gasteiger charge is 2.42. The summed E-state index contributed by atoms with van der Waals surface area (Å²) in [7, 11) is 0. The van der Waals surface area contributed by atoms with Crippen molar-refractivity contribution in [1.82, 2.24) is 0 Å². The molecule has 1 saturated carbocycles.